The Bertz CT molecular complexity index is 670. The van der Waals surface area contributed by atoms with E-state index in [0.717, 1.165) is 38.0 Å². The molecule has 0 unspecified atom stereocenters. The van der Waals surface area contributed by atoms with Crippen LogP contribution in [-0.2, 0) is 9.59 Å². The lowest BCUT2D eigenvalue weighted by Crippen LogP contribution is -2.53. The molecule has 1 aromatic rings. The van der Waals surface area contributed by atoms with E-state index in [1.54, 1.807) is 0 Å². The van der Waals surface area contributed by atoms with Crippen LogP contribution in [0.25, 0.3) is 0 Å². The Balaban J connectivity index is 1.41. The Labute approximate surface area is 152 Å². The summed E-state index contributed by atoms with van der Waals surface area (Å²) >= 11 is 5.93. The molecule has 2 bridgehead atoms. The van der Waals surface area contributed by atoms with E-state index in [0.29, 0.717) is 18.1 Å². The van der Waals surface area contributed by atoms with Crippen molar-refractivity contribution in [3.63, 3.8) is 0 Å². The Hall–Kier alpha value is -1.75. The van der Waals surface area contributed by atoms with E-state index >= 15 is 0 Å². The molecule has 3 fully saturated rings. The number of rotatable bonds is 3. The van der Waals surface area contributed by atoms with Crippen molar-refractivity contribution in [2.24, 2.45) is 23.7 Å². The number of amides is 1. The molecule has 0 aromatic heterocycles. The average molecular weight is 362 g/mol. The second-order valence-corrected chi connectivity index (χ2v) is 7.93. The molecule has 2 aliphatic carbocycles. The Morgan fingerprint density at radius 3 is 2.16 bits per heavy atom. The number of hydrogen-bond acceptors (Lipinski definition) is 4. The van der Waals surface area contributed by atoms with Crippen molar-refractivity contribution in [2.75, 3.05) is 31.1 Å². The third-order valence-electron chi connectivity index (χ3n) is 6.26. The van der Waals surface area contributed by atoms with Crippen LogP contribution in [0.3, 0.4) is 0 Å². The van der Waals surface area contributed by atoms with Gasteiger partial charge in [-0.2, -0.15) is 0 Å². The highest BCUT2D eigenvalue weighted by Crippen LogP contribution is 2.52. The number of anilines is 1. The predicted molar refractivity (Wildman–Crippen MR) is 93.1 cm³/mol. The van der Waals surface area contributed by atoms with Crippen molar-refractivity contribution < 1.29 is 14.7 Å². The van der Waals surface area contributed by atoms with Gasteiger partial charge >= 0.3 is 0 Å². The molecule has 25 heavy (non-hydrogen) atoms. The van der Waals surface area contributed by atoms with Gasteiger partial charge in [-0.05, 0) is 55.4 Å². The highest BCUT2D eigenvalue weighted by atomic mass is 35.5. The third-order valence-corrected chi connectivity index (χ3v) is 6.51. The summed E-state index contributed by atoms with van der Waals surface area (Å²) in [4.78, 5) is 28.6. The number of carboxylic acid groups (broad SMARTS) is 1. The molecular weight excluding hydrogens is 340 g/mol. The number of carboxylic acids is 1. The second kappa shape index (κ2) is 6.52. The summed E-state index contributed by atoms with van der Waals surface area (Å²) in [7, 11) is 0. The van der Waals surface area contributed by atoms with Crippen LogP contribution in [0, 0.1) is 23.7 Å². The van der Waals surface area contributed by atoms with Gasteiger partial charge < -0.3 is 19.7 Å². The molecule has 4 atom stereocenters. The summed E-state index contributed by atoms with van der Waals surface area (Å²) in [5.74, 6) is -1.59. The van der Waals surface area contributed by atoms with Gasteiger partial charge in [0.05, 0.1) is 0 Å². The summed E-state index contributed by atoms with van der Waals surface area (Å²) in [6.07, 6.45) is 2.78. The number of carbonyl (C=O) groups is 2. The van der Waals surface area contributed by atoms with Crippen LogP contribution in [-0.4, -0.2) is 43.0 Å². The molecule has 1 heterocycles. The van der Waals surface area contributed by atoms with E-state index in [1.165, 1.54) is 0 Å². The van der Waals surface area contributed by atoms with Gasteiger partial charge in [-0.15, -0.1) is 0 Å². The van der Waals surface area contributed by atoms with Crippen molar-refractivity contribution >= 4 is 29.2 Å². The molecule has 2 saturated carbocycles. The normalized spacial score (nSPS) is 31.4. The summed E-state index contributed by atoms with van der Waals surface area (Å²) in [5.41, 5.74) is 1.10. The number of aliphatic carboxylic acids is 1. The first-order chi connectivity index (χ1) is 12.0. The van der Waals surface area contributed by atoms with Crippen LogP contribution in [0.15, 0.2) is 24.3 Å². The molecule has 134 valence electrons. The molecule has 0 N–H and O–H groups in total. The van der Waals surface area contributed by atoms with Crippen LogP contribution in [0.1, 0.15) is 19.3 Å². The van der Waals surface area contributed by atoms with Gasteiger partial charge in [0.2, 0.25) is 5.91 Å². The molecule has 1 saturated heterocycles. The number of carbonyl (C=O) groups excluding carboxylic acids is 2. The smallest absolute Gasteiger partial charge is 0.226 e. The fraction of sp³-hybridized carbons (Fsp3) is 0.579. The van der Waals surface area contributed by atoms with Crippen molar-refractivity contribution in [1.29, 1.82) is 0 Å². The minimum absolute atomic E-state index is 0.0251. The first-order valence-corrected chi connectivity index (χ1v) is 9.42. The van der Waals surface area contributed by atoms with Crippen LogP contribution >= 0.6 is 11.6 Å². The number of piperazine rings is 1. The van der Waals surface area contributed by atoms with Gasteiger partial charge in [0.15, 0.2) is 0 Å². The highest BCUT2D eigenvalue weighted by Gasteiger charge is 2.52. The van der Waals surface area contributed by atoms with E-state index in [1.807, 2.05) is 29.2 Å². The standard InChI is InChI=1S/C19H23ClN2O3/c20-14-3-5-15(6-4-14)21-7-9-22(10-8-21)18(23)16-12-1-2-13(11-12)17(16)19(24)25/h3-6,12-13,16-17H,1-2,7-11H2,(H,24,25)/p-1/t12-,13+,16+,17+/m1/s1. The van der Waals surface area contributed by atoms with E-state index < -0.39 is 11.9 Å². The SMILES string of the molecule is O=C([O-])[C@H]1[C@H]2CC[C@H](C2)[C@@H]1C(=O)N1CCN(c2ccc(Cl)cc2)CC1. The lowest BCUT2D eigenvalue weighted by Gasteiger charge is -2.40. The predicted octanol–water partition coefficient (Wildman–Crippen LogP) is 1.40. The van der Waals surface area contributed by atoms with Crippen molar-refractivity contribution in [2.45, 2.75) is 19.3 Å². The number of fused-ring (bicyclic) bond motifs is 2. The van der Waals surface area contributed by atoms with Gasteiger partial charge in [-0.25, -0.2) is 0 Å². The molecule has 5 nitrogen and oxygen atoms in total. The fourth-order valence-corrected chi connectivity index (χ4v) is 5.16. The third kappa shape index (κ3) is 2.99. The van der Waals surface area contributed by atoms with Crippen molar-refractivity contribution in [1.82, 2.24) is 4.90 Å². The molecule has 0 spiro atoms. The maximum Gasteiger partial charge on any atom is 0.226 e. The zero-order valence-electron chi connectivity index (χ0n) is 14.1. The van der Waals surface area contributed by atoms with Crippen LogP contribution in [0.2, 0.25) is 5.02 Å². The number of halogens is 1. The average Bonchev–Trinajstić information content (AvgIpc) is 3.23. The first kappa shape index (κ1) is 16.7. The van der Waals surface area contributed by atoms with Crippen molar-refractivity contribution in [3.05, 3.63) is 29.3 Å². The number of benzene rings is 1. The monoisotopic (exact) mass is 361 g/mol. The lowest BCUT2D eigenvalue weighted by atomic mass is 9.78. The van der Waals surface area contributed by atoms with Crippen molar-refractivity contribution in [3.8, 4) is 0 Å². The van der Waals surface area contributed by atoms with Crippen LogP contribution in [0.4, 0.5) is 5.69 Å². The number of hydrogen-bond donors (Lipinski definition) is 0. The topological polar surface area (TPSA) is 63.7 Å². The molecule has 0 radical (unpaired) electrons. The highest BCUT2D eigenvalue weighted by molar-refractivity contribution is 6.30. The largest absolute Gasteiger partial charge is 0.550 e. The number of nitrogens with zero attached hydrogens (tertiary/aromatic N) is 2. The van der Waals surface area contributed by atoms with Gasteiger partial charge in [0, 0.05) is 54.7 Å². The molecule has 1 aromatic carbocycles. The summed E-state index contributed by atoms with van der Waals surface area (Å²) in [5, 5.41) is 12.3. The van der Waals surface area contributed by atoms with Gasteiger partial charge in [-0.3, -0.25) is 4.79 Å². The van der Waals surface area contributed by atoms with Gasteiger partial charge in [-0.1, -0.05) is 11.6 Å². The Kier molecular flexibility index (Phi) is 4.36. The van der Waals surface area contributed by atoms with Gasteiger partial charge in [0.25, 0.3) is 0 Å². The Morgan fingerprint density at radius 2 is 1.56 bits per heavy atom. The molecule has 4 rings (SSSR count). The minimum atomic E-state index is -1.04. The quantitative estimate of drug-likeness (QED) is 0.816. The van der Waals surface area contributed by atoms with E-state index in [-0.39, 0.29) is 23.7 Å². The van der Waals surface area contributed by atoms with Crippen LogP contribution in [0.5, 0.6) is 0 Å². The summed E-state index contributed by atoms with van der Waals surface area (Å²) < 4.78 is 0. The summed E-state index contributed by atoms with van der Waals surface area (Å²) in [6.45, 7) is 2.78. The van der Waals surface area contributed by atoms with E-state index in [4.69, 9.17) is 11.6 Å². The van der Waals surface area contributed by atoms with E-state index in [9.17, 15) is 14.7 Å². The maximum atomic E-state index is 13.0. The molecular formula is C19H22ClN2O3-. The lowest BCUT2D eigenvalue weighted by molar-refractivity contribution is -0.314. The molecule has 3 aliphatic rings. The van der Waals surface area contributed by atoms with Crippen LogP contribution < -0.4 is 10.0 Å². The maximum absolute atomic E-state index is 13.0. The zero-order chi connectivity index (χ0) is 17.6. The molecule has 1 aliphatic heterocycles. The molecule has 1 amide bonds. The van der Waals surface area contributed by atoms with Gasteiger partial charge in [0.1, 0.15) is 0 Å². The Morgan fingerprint density at radius 1 is 0.960 bits per heavy atom. The fourth-order valence-electron chi connectivity index (χ4n) is 5.03. The minimum Gasteiger partial charge on any atom is -0.550 e. The van der Waals surface area contributed by atoms with E-state index in [2.05, 4.69) is 4.90 Å². The molecule has 6 heteroatoms. The zero-order valence-corrected chi connectivity index (χ0v) is 14.8. The summed E-state index contributed by atoms with van der Waals surface area (Å²) in [6, 6.07) is 7.71. The first-order valence-electron chi connectivity index (χ1n) is 9.05. The second-order valence-electron chi connectivity index (χ2n) is 7.49.